The molecule has 0 aliphatic rings. The van der Waals surface area contributed by atoms with Crippen LogP contribution in [0.4, 0.5) is 11.4 Å². The van der Waals surface area contributed by atoms with Gasteiger partial charge in [-0.3, -0.25) is 4.98 Å². The Morgan fingerprint density at radius 3 is 2.44 bits per heavy atom. The number of carbonyl (C=O) groups is 1. The zero-order valence-electron chi connectivity index (χ0n) is 15.3. The first-order chi connectivity index (χ1) is 12.7. The normalized spacial score (nSPS) is 10.0. The van der Waals surface area contributed by atoms with Crippen LogP contribution in [-0.4, -0.2) is 31.8 Å². The highest BCUT2D eigenvalue weighted by Gasteiger charge is 2.19. The van der Waals surface area contributed by atoms with Crippen molar-refractivity contribution in [3.05, 3.63) is 54.2 Å². The van der Waals surface area contributed by atoms with Gasteiger partial charge in [-0.05, 0) is 25.1 Å². The van der Waals surface area contributed by atoms with Crippen molar-refractivity contribution in [1.82, 2.24) is 4.98 Å². The summed E-state index contributed by atoms with van der Waals surface area (Å²) in [6.07, 6.45) is 1.50. The van der Waals surface area contributed by atoms with Crippen molar-refractivity contribution in [2.24, 2.45) is 0 Å². The summed E-state index contributed by atoms with van der Waals surface area (Å²) in [5.41, 5.74) is 2.33. The lowest BCUT2D eigenvalue weighted by Crippen LogP contribution is -2.09. The summed E-state index contributed by atoms with van der Waals surface area (Å²) in [5, 5.41) is 4.06. The minimum atomic E-state index is -0.442. The van der Waals surface area contributed by atoms with E-state index in [1.54, 1.807) is 21.1 Å². The topological polar surface area (TPSA) is 69.7 Å². The molecule has 142 valence electrons. The molecule has 3 aromatic rings. The van der Waals surface area contributed by atoms with Crippen LogP contribution in [0.15, 0.2) is 48.7 Å². The molecule has 0 atom stereocenters. The fraction of sp³-hybridized carbons (Fsp3) is 0.200. The Morgan fingerprint density at radius 1 is 1.04 bits per heavy atom. The summed E-state index contributed by atoms with van der Waals surface area (Å²) in [4.78, 5) is 16.8. The number of carbonyl (C=O) groups excluding carboxylic acids is 1. The van der Waals surface area contributed by atoms with E-state index in [0.717, 1.165) is 11.1 Å². The highest BCUT2D eigenvalue weighted by Crippen LogP contribution is 2.36. The SMILES string of the molecule is CCOC(=O)c1cnc2c(OC)cccc2c1Nc1ccccc1OC.Cl. The molecule has 0 saturated heterocycles. The molecule has 27 heavy (non-hydrogen) atoms. The lowest BCUT2D eigenvalue weighted by molar-refractivity contribution is 0.0527. The molecule has 1 N–H and O–H groups in total. The van der Waals surface area contributed by atoms with Crippen LogP contribution in [-0.2, 0) is 4.74 Å². The Morgan fingerprint density at radius 2 is 1.74 bits per heavy atom. The Kier molecular flexibility index (Phi) is 6.85. The number of esters is 1. The summed E-state index contributed by atoms with van der Waals surface area (Å²) in [6, 6.07) is 13.0. The fourth-order valence-electron chi connectivity index (χ4n) is 2.74. The van der Waals surface area contributed by atoms with Gasteiger partial charge in [-0.1, -0.05) is 24.3 Å². The van der Waals surface area contributed by atoms with Crippen molar-refractivity contribution in [1.29, 1.82) is 0 Å². The Labute approximate surface area is 163 Å². The lowest BCUT2D eigenvalue weighted by Gasteiger charge is -2.16. The van der Waals surface area contributed by atoms with Crippen LogP contribution in [0.25, 0.3) is 10.9 Å². The number of aromatic nitrogens is 1. The molecule has 0 radical (unpaired) electrons. The number of hydrogen-bond acceptors (Lipinski definition) is 6. The molecule has 1 heterocycles. The summed E-state index contributed by atoms with van der Waals surface area (Å²) >= 11 is 0. The molecule has 0 saturated carbocycles. The highest BCUT2D eigenvalue weighted by atomic mass is 35.5. The third-order valence-electron chi connectivity index (χ3n) is 3.94. The third kappa shape index (κ3) is 4.06. The Balaban J connectivity index is 0.00000261. The molecule has 0 unspecified atom stereocenters. The van der Waals surface area contributed by atoms with Gasteiger partial charge in [0.25, 0.3) is 0 Å². The van der Waals surface area contributed by atoms with Crippen molar-refractivity contribution in [3.8, 4) is 11.5 Å². The van der Waals surface area contributed by atoms with Crippen molar-refractivity contribution in [2.75, 3.05) is 26.1 Å². The van der Waals surface area contributed by atoms with Gasteiger partial charge in [0, 0.05) is 11.6 Å². The van der Waals surface area contributed by atoms with Crippen molar-refractivity contribution >= 4 is 40.7 Å². The molecular weight excluding hydrogens is 368 g/mol. The van der Waals surface area contributed by atoms with Gasteiger partial charge in [0.05, 0.1) is 32.2 Å². The van der Waals surface area contributed by atoms with Gasteiger partial charge in [0.2, 0.25) is 0 Å². The molecule has 0 aliphatic heterocycles. The molecule has 2 aromatic carbocycles. The Hall–Kier alpha value is -2.99. The molecule has 6 nitrogen and oxygen atoms in total. The van der Waals surface area contributed by atoms with E-state index in [1.807, 2.05) is 42.5 Å². The molecule has 0 fully saturated rings. The number of halogens is 1. The number of ether oxygens (including phenoxy) is 3. The van der Waals surface area contributed by atoms with Gasteiger partial charge in [-0.25, -0.2) is 4.79 Å². The molecule has 0 spiro atoms. The average Bonchev–Trinajstić information content (AvgIpc) is 2.68. The second-order valence-corrected chi connectivity index (χ2v) is 5.45. The molecular formula is C20H21ClN2O4. The number of hydrogen-bond donors (Lipinski definition) is 1. The van der Waals surface area contributed by atoms with Gasteiger partial charge in [0.1, 0.15) is 22.6 Å². The van der Waals surface area contributed by atoms with Crippen molar-refractivity contribution in [3.63, 3.8) is 0 Å². The maximum absolute atomic E-state index is 12.4. The van der Waals surface area contributed by atoms with Gasteiger partial charge in [-0.2, -0.15) is 0 Å². The first-order valence-corrected chi connectivity index (χ1v) is 8.22. The second kappa shape index (κ2) is 9.09. The van der Waals surface area contributed by atoms with E-state index in [9.17, 15) is 4.79 Å². The monoisotopic (exact) mass is 388 g/mol. The standard InChI is InChI=1S/C20H20N2O4.ClH/c1-4-26-20(23)14-12-21-19-13(8-7-11-17(19)25-3)18(14)22-15-9-5-6-10-16(15)24-2;/h5-12H,4H2,1-3H3,(H,21,22);1H. The maximum Gasteiger partial charge on any atom is 0.341 e. The van der Waals surface area contributed by atoms with Crippen LogP contribution in [0.3, 0.4) is 0 Å². The highest BCUT2D eigenvalue weighted by molar-refractivity contribution is 6.07. The van der Waals surface area contributed by atoms with E-state index in [-0.39, 0.29) is 19.0 Å². The van der Waals surface area contributed by atoms with E-state index in [0.29, 0.717) is 28.3 Å². The summed E-state index contributed by atoms with van der Waals surface area (Å²) in [7, 11) is 3.18. The van der Waals surface area contributed by atoms with Crippen LogP contribution in [0, 0.1) is 0 Å². The number of benzene rings is 2. The van der Waals surface area contributed by atoms with Gasteiger partial charge in [-0.15, -0.1) is 12.4 Å². The van der Waals surface area contributed by atoms with Crippen molar-refractivity contribution in [2.45, 2.75) is 6.92 Å². The van der Waals surface area contributed by atoms with Gasteiger partial charge in [0.15, 0.2) is 0 Å². The first kappa shape index (κ1) is 20.3. The zero-order valence-corrected chi connectivity index (χ0v) is 16.1. The fourth-order valence-corrected chi connectivity index (χ4v) is 2.74. The molecule has 1 aromatic heterocycles. The minimum absolute atomic E-state index is 0. The maximum atomic E-state index is 12.4. The van der Waals surface area contributed by atoms with Gasteiger partial charge < -0.3 is 19.5 Å². The van der Waals surface area contributed by atoms with E-state index in [2.05, 4.69) is 10.3 Å². The average molecular weight is 389 g/mol. The largest absolute Gasteiger partial charge is 0.495 e. The zero-order chi connectivity index (χ0) is 18.5. The predicted octanol–water partition coefficient (Wildman–Crippen LogP) is 4.59. The summed E-state index contributed by atoms with van der Waals surface area (Å²) in [6.45, 7) is 2.05. The van der Waals surface area contributed by atoms with Crippen LogP contribution < -0.4 is 14.8 Å². The minimum Gasteiger partial charge on any atom is -0.495 e. The van der Waals surface area contributed by atoms with Crippen LogP contribution in [0.1, 0.15) is 17.3 Å². The number of methoxy groups -OCH3 is 2. The number of fused-ring (bicyclic) bond motifs is 1. The number of rotatable bonds is 6. The first-order valence-electron chi connectivity index (χ1n) is 8.22. The molecule has 0 aliphatic carbocycles. The van der Waals surface area contributed by atoms with Crippen LogP contribution in [0.5, 0.6) is 11.5 Å². The smallest absolute Gasteiger partial charge is 0.341 e. The number of nitrogens with one attached hydrogen (secondary N) is 1. The molecule has 3 rings (SSSR count). The number of para-hydroxylation sites is 3. The predicted molar refractivity (Wildman–Crippen MR) is 108 cm³/mol. The van der Waals surface area contributed by atoms with Crippen molar-refractivity contribution < 1.29 is 19.0 Å². The molecule has 0 bridgehead atoms. The van der Waals surface area contributed by atoms with Crippen LogP contribution >= 0.6 is 12.4 Å². The third-order valence-corrected chi connectivity index (χ3v) is 3.94. The van der Waals surface area contributed by atoms with E-state index >= 15 is 0 Å². The van der Waals surface area contributed by atoms with Crippen LogP contribution in [0.2, 0.25) is 0 Å². The molecule has 0 amide bonds. The molecule has 7 heteroatoms. The number of nitrogens with zero attached hydrogens (tertiary/aromatic N) is 1. The summed E-state index contributed by atoms with van der Waals surface area (Å²) in [5.74, 6) is 0.846. The van der Waals surface area contributed by atoms with E-state index in [1.165, 1.54) is 6.20 Å². The summed E-state index contributed by atoms with van der Waals surface area (Å²) < 4.78 is 16.0. The lowest BCUT2D eigenvalue weighted by atomic mass is 10.1. The van der Waals surface area contributed by atoms with Gasteiger partial charge >= 0.3 is 5.97 Å². The Bertz CT molecular complexity index is 946. The van der Waals surface area contributed by atoms with E-state index in [4.69, 9.17) is 14.2 Å². The number of anilines is 2. The second-order valence-electron chi connectivity index (χ2n) is 5.45. The van der Waals surface area contributed by atoms with E-state index < -0.39 is 5.97 Å². The quantitative estimate of drug-likeness (QED) is 0.622. The number of pyridine rings is 1.